The number of aromatic hydroxyl groups is 1. The van der Waals surface area contributed by atoms with Crippen LogP contribution in [0.3, 0.4) is 0 Å². The highest BCUT2D eigenvalue weighted by atomic mass is 16.3. The quantitative estimate of drug-likeness (QED) is 0.866. The minimum absolute atomic E-state index is 0.0662. The molecule has 3 nitrogen and oxygen atoms in total. The first kappa shape index (κ1) is 18.3. The van der Waals surface area contributed by atoms with Gasteiger partial charge in [-0.3, -0.25) is 4.90 Å². The van der Waals surface area contributed by atoms with Crippen molar-refractivity contribution in [2.45, 2.75) is 65.3 Å². The minimum atomic E-state index is -0.0662. The van der Waals surface area contributed by atoms with Gasteiger partial charge >= 0.3 is 0 Å². The van der Waals surface area contributed by atoms with Crippen molar-refractivity contribution >= 4 is 0 Å². The molecule has 0 spiro atoms. The Kier molecular flexibility index (Phi) is 5.12. The Morgan fingerprint density at radius 1 is 0.957 bits per heavy atom. The van der Waals surface area contributed by atoms with Gasteiger partial charge < -0.3 is 10.4 Å². The SMILES string of the molecule is C[C@@H](c1cc(C(C)(C)C)c(O)c(C(C)(C)C)c1)N1CCNCC1. The van der Waals surface area contributed by atoms with Gasteiger partial charge in [0, 0.05) is 32.2 Å². The van der Waals surface area contributed by atoms with Gasteiger partial charge in [0.25, 0.3) is 0 Å². The van der Waals surface area contributed by atoms with Gasteiger partial charge in [-0.1, -0.05) is 41.5 Å². The molecule has 1 aliphatic heterocycles. The maximum Gasteiger partial charge on any atom is 0.123 e. The lowest BCUT2D eigenvalue weighted by atomic mass is 9.77. The molecule has 130 valence electrons. The van der Waals surface area contributed by atoms with E-state index in [1.807, 2.05) is 0 Å². The largest absolute Gasteiger partial charge is 0.507 e. The van der Waals surface area contributed by atoms with Crippen LogP contribution in [-0.4, -0.2) is 36.2 Å². The number of rotatable bonds is 2. The summed E-state index contributed by atoms with van der Waals surface area (Å²) in [7, 11) is 0. The van der Waals surface area contributed by atoms with Gasteiger partial charge in [-0.2, -0.15) is 0 Å². The van der Waals surface area contributed by atoms with Crippen molar-refractivity contribution in [2.75, 3.05) is 26.2 Å². The highest BCUT2D eigenvalue weighted by Gasteiger charge is 2.28. The smallest absolute Gasteiger partial charge is 0.123 e. The summed E-state index contributed by atoms with van der Waals surface area (Å²) in [4.78, 5) is 2.53. The molecule has 1 heterocycles. The van der Waals surface area contributed by atoms with Crippen molar-refractivity contribution in [3.8, 4) is 5.75 Å². The van der Waals surface area contributed by atoms with E-state index in [1.54, 1.807) is 0 Å². The standard InChI is InChI=1S/C20H34N2O/c1-14(22-10-8-21-9-11-22)15-12-16(19(2,3)4)18(23)17(13-15)20(5,6)7/h12-14,21,23H,8-11H2,1-7H3/t14-/m0/s1. The van der Waals surface area contributed by atoms with Crippen LogP contribution in [0.4, 0.5) is 0 Å². The number of phenolic OH excluding ortho intramolecular Hbond substituents is 1. The number of nitrogens with zero attached hydrogens (tertiary/aromatic N) is 1. The number of hydrogen-bond donors (Lipinski definition) is 2. The zero-order chi connectivity index (χ0) is 17.4. The van der Waals surface area contributed by atoms with E-state index in [2.05, 4.69) is 70.8 Å². The highest BCUT2D eigenvalue weighted by molar-refractivity contribution is 5.50. The van der Waals surface area contributed by atoms with Gasteiger partial charge in [0.05, 0.1) is 0 Å². The fourth-order valence-electron chi connectivity index (χ4n) is 3.32. The number of benzene rings is 1. The topological polar surface area (TPSA) is 35.5 Å². The van der Waals surface area contributed by atoms with Crippen LogP contribution in [0.5, 0.6) is 5.75 Å². The Morgan fingerprint density at radius 2 is 1.39 bits per heavy atom. The molecule has 0 bridgehead atoms. The van der Waals surface area contributed by atoms with Crippen molar-refractivity contribution in [3.63, 3.8) is 0 Å². The Morgan fingerprint density at radius 3 is 1.78 bits per heavy atom. The Hall–Kier alpha value is -1.06. The van der Waals surface area contributed by atoms with E-state index in [-0.39, 0.29) is 10.8 Å². The van der Waals surface area contributed by atoms with Crippen LogP contribution < -0.4 is 5.32 Å². The van der Waals surface area contributed by atoms with Crippen molar-refractivity contribution in [1.29, 1.82) is 0 Å². The van der Waals surface area contributed by atoms with Crippen LogP contribution in [0.2, 0.25) is 0 Å². The molecule has 1 aliphatic rings. The number of nitrogens with one attached hydrogen (secondary N) is 1. The minimum Gasteiger partial charge on any atom is -0.507 e. The van der Waals surface area contributed by atoms with Gasteiger partial charge in [0.2, 0.25) is 0 Å². The molecule has 0 aromatic heterocycles. The molecule has 0 aliphatic carbocycles. The molecular formula is C20H34N2O. The normalized spacial score (nSPS) is 18.9. The van der Waals surface area contributed by atoms with E-state index in [0.29, 0.717) is 11.8 Å². The molecule has 0 radical (unpaired) electrons. The lowest BCUT2D eigenvalue weighted by molar-refractivity contribution is 0.185. The summed E-state index contributed by atoms with van der Waals surface area (Å²) >= 11 is 0. The maximum absolute atomic E-state index is 10.9. The lowest BCUT2D eigenvalue weighted by Crippen LogP contribution is -2.44. The molecule has 3 heteroatoms. The van der Waals surface area contributed by atoms with E-state index in [9.17, 15) is 5.11 Å². The second-order valence-corrected chi connectivity index (χ2v) is 8.93. The summed E-state index contributed by atoms with van der Waals surface area (Å²) in [5, 5.41) is 14.3. The third-order valence-corrected chi connectivity index (χ3v) is 4.93. The van der Waals surface area contributed by atoms with Crippen LogP contribution in [0.15, 0.2) is 12.1 Å². The molecule has 23 heavy (non-hydrogen) atoms. The van der Waals surface area contributed by atoms with E-state index in [4.69, 9.17) is 0 Å². The van der Waals surface area contributed by atoms with Crippen LogP contribution in [-0.2, 0) is 10.8 Å². The molecule has 1 aromatic carbocycles. The second kappa shape index (κ2) is 6.45. The summed E-state index contributed by atoms with van der Waals surface area (Å²) in [6, 6.07) is 4.81. The maximum atomic E-state index is 10.9. The fourth-order valence-corrected chi connectivity index (χ4v) is 3.32. The van der Waals surface area contributed by atoms with Gasteiger partial charge in [0.15, 0.2) is 0 Å². The zero-order valence-corrected chi connectivity index (χ0v) is 16.0. The van der Waals surface area contributed by atoms with Crippen LogP contribution in [0, 0.1) is 0 Å². The Balaban J connectivity index is 2.51. The molecular weight excluding hydrogens is 284 g/mol. The van der Waals surface area contributed by atoms with Gasteiger partial charge in [-0.25, -0.2) is 0 Å². The fraction of sp³-hybridized carbons (Fsp3) is 0.700. The predicted octanol–water partition coefficient (Wildman–Crippen LogP) is 3.95. The monoisotopic (exact) mass is 318 g/mol. The third kappa shape index (κ3) is 4.07. The number of phenols is 1. The first-order valence-corrected chi connectivity index (χ1v) is 8.84. The van der Waals surface area contributed by atoms with Crippen molar-refractivity contribution < 1.29 is 5.11 Å². The molecule has 1 atom stereocenters. The second-order valence-electron chi connectivity index (χ2n) is 8.93. The van der Waals surface area contributed by atoms with E-state index in [0.717, 1.165) is 37.3 Å². The molecule has 1 aromatic rings. The van der Waals surface area contributed by atoms with E-state index in [1.165, 1.54) is 5.56 Å². The van der Waals surface area contributed by atoms with Crippen molar-refractivity contribution in [1.82, 2.24) is 10.2 Å². The summed E-state index contributed by atoms with van der Waals surface area (Å²) in [5.41, 5.74) is 3.30. The number of piperazine rings is 1. The average Bonchev–Trinajstić information content (AvgIpc) is 2.45. The van der Waals surface area contributed by atoms with Crippen molar-refractivity contribution in [3.05, 3.63) is 28.8 Å². The molecule has 2 rings (SSSR count). The third-order valence-electron chi connectivity index (χ3n) is 4.93. The predicted molar refractivity (Wildman–Crippen MR) is 98.4 cm³/mol. The summed E-state index contributed by atoms with van der Waals surface area (Å²) < 4.78 is 0. The molecule has 0 saturated carbocycles. The van der Waals surface area contributed by atoms with Gasteiger partial charge in [-0.05, 0) is 46.6 Å². The first-order valence-electron chi connectivity index (χ1n) is 8.84. The van der Waals surface area contributed by atoms with Crippen molar-refractivity contribution in [2.24, 2.45) is 0 Å². The number of hydrogen-bond acceptors (Lipinski definition) is 3. The van der Waals surface area contributed by atoms with E-state index >= 15 is 0 Å². The summed E-state index contributed by atoms with van der Waals surface area (Å²) in [6.07, 6.45) is 0. The zero-order valence-electron chi connectivity index (χ0n) is 16.0. The van der Waals surface area contributed by atoms with Crippen LogP contribution in [0.25, 0.3) is 0 Å². The highest BCUT2D eigenvalue weighted by Crippen LogP contribution is 2.41. The van der Waals surface area contributed by atoms with E-state index < -0.39 is 0 Å². The Bertz CT molecular complexity index is 511. The van der Waals surface area contributed by atoms with Gasteiger partial charge in [0.1, 0.15) is 5.75 Å². The molecule has 0 amide bonds. The van der Waals surface area contributed by atoms with Gasteiger partial charge in [-0.15, -0.1) is 0 Å². The summed E-state index contributed by atoms with van der Waals surface area (Å²) in [6.45, 7) is 19.6. The molecule has 1 fully saturated rings. The average molecular weight is 319 g/mol. The lowest BCUT2D eigenvalue weighted by Gasteiger charge is -2.35. The summed E-state index contributed by atoms with van der Waals surface area (Å²) in [5.74, 6) is 0.473. The van der Waals surface area contributed by atoms with Crippen LogP contribution in [0.1, 0.15) is 71.2 Å². The molecule has 2 N–H and O–H groups in total. The molecule has 0 unspecified atom stereocenters. The first-order chi connectivity index (χ1) is 10.5. The van der Waals surface area contributed by atoms with Crippen LogP contribution >= 0.6 is 0 Å². The molecule has 1 saturated heterocycles. The Labute approximate surface area is 142 Å².